The fraction of sp³-hybridized carbons (Fsp3) is 0.933. The highest BCUT2D eigenvalue weighted by Gasteiger charge is 2.31. The van der Waals surface area contributed by atoms with E-state index in [1.807, 2.05) is 6.92 Å². The molecular formula is C15H30N2O2. The van der Waals surface area contributed by atoms with Crippen molar-refractivity contribution in [2.45, 2.75) is 58.9 Å². The molecule has 0 aromatic carbocycles. The van der Waals surface area contributed by atoms with Crippen LogP contribution in [-0.4, -0.2) is 43.2 Å². The van der Waals surface area contributed by atoms with Gasteiger partial charge in [0.1, 0.15) is 6.04 Å². The molecule has 1 fully saturated rings. The maximum Gasteiger partial charge on any atom is 0.323 e. The van der Waals surface area contributed by atoms with E-state index in [9.17, 15) is 4.79 Å². The lowest BCUT2D eigenvalue weighted by Gasteiger charge is -2.25. The van der Waals surface area contributed by atoms with Gasteiger partial charge in [-0.25, -0.2) is 0 Å². The number of nitrogens with zero attached hydrogens (tertiary/aromatic N) is 1. The van der Waals surface area contributed by atoms with Crippen LogP contribution in [0.25, 0.3) is 0 Å². The van der Waals surface area contributed by atoms with E-state index < -0.39 is 0 Å². The predicted octanol–water partition coefficient (Wildman–Crippen LogP) is 2.17. The molecule has 4 heteroatoms. The van der Waals surface area contributed by atoms with Crippen LogP contribution >= 0.6 is 0 Å². The Morgan fingerprint density at radius 3 is 2.79 bits per heavy atom. The van der Waals surface area contributed by atoms with E-state index in [0.717, 1.165) is 45.3 Å². The van der Waals surface area contributed by atoms with Crippen molar-refractivity contribution in [1.29, 1.82) is 0 Å². The fourth-order valence-electron chi connectivity index (χ4n) is 2.62. The van der Waals surface area contributed by atoms with E-state index in [1.54, 1.807) is 0 Å². The molecule has 19 heavy (non-hydrogen) atoms. The van der Waals surface area contributed by atoms with Crippen molar-refractivity contribution in [1.82, 2.24) is 4.90 Å². The quantitative estimate of drug-likeness (QED) is 0.542. The number of ether oxygens (including phenoxy) is 1. The molecule has 1 aliphatic heterocycles. The first kappa shape index (κ1) is 16.4. The summed E-state index contributed by atoms with van der Waals surface area (Å²) < 4.78 is 5.14. The average molecular weight is 270 g/mol. The third-order valence-corrected chi connectivity index (χ3v) is 4.02. The maximum atomic E-state index is 11.8. The summed E-state index contributed by atoms with van der Waals surface area (Å²) in [5, 5.41) is 0. The Labute approximate surface area is 117 Å². The molecule has 1 atom stereocenters. The zero-order valence-corrected chi connectivity index (χ0v) is 12.8. The number of hydrogen-bond acceptors (Lipinski definition) is 4. The van der Waals surface area contributed by atoms with Crippen LogP contribution in [0.3, 0.4) is 0 Å². The third kappa shape index (κ3) is 5.49. The smallest absolute Gasteiger partial charge is 0.323 e. The molecule has 112 valence electrons. The summed E-state index contributed by atoms with van der Waals surface area (Å²) >= 11 is 0. The van der Waals surface area contributed by atoms with Crippen molar-refractivity contribution >= 4 is 5.97 Å². The molecule has 2 N–H and O–H groups in total. The lowest BCUT2D eigenvalue weighted by molar-refractivity contribution is -0.148. The molecule has 1 heterocycles. The Morgan fingerprint density at radius 2 is 2.16 bits per heavy atom. The lowest BCUT2D eigenvalue weighted by Crippen LogP contribution is -2.38. The second kappa shape index (κ2) is 7.85. The van der Waals surface area contributed by atoms with Gasteiger partial charge in [0.25, 0.3) is 0 Å². The maximum absolute atomic E-state index is 11.8. The highest BCUT2D eigenvalue weighted by atomic mass is 16.5. The van der Waals surface area contributed by atoms with Gasteiger partial charge in [-0.1, -0.05) is 20.3 Å². The molecule has 0 spiro atoms. The van der Waals surface area contributed by atoms with Gasteiger partial charge in [-0.05, 0) is 57.7 Å². The Hall–Kier alpha value is -0.610. The predicted molar refractivity (Wildman–Crippen MR) is 77.9 cm³/mol. The number of esters is 1. The van der Waals surface area contributed by atoms with E-state index in [2.05, 4.69) is 18.7 Å². The van der Waals surface area contributed by atoms with Crippen LogP contribution in [0.5, 0.6) is 0 Å². The number of carbonyl (C=O) groups is 1. The Balaban J connectivity index is 2.26. The van der Waals surface area contributed by atoms with Crippen LogP contribution in [-0.2, 0) is 9.53 Å². The first-order valence-corrected chi connectivity index (χ1v) is 7.61. The van der Waals surface area contributed by atoms with E-state index in [4.69, 9.17) is 10.5 Å². The molecule has 0 radical (unpaired) electrons. The van der Waals surface area contributed by atoms with Gasteiger partial charge >= 0.3 is 5.97 Å². The molecule has 0 bridgehead atoms. The molecule has 0 aliphatic carbocycles. The normalized spacial score (nSPS) is 20.7. The summed E-state index contributed by atoms with van der Waals surface area (Å²) in [5.41, 5.74) is 5.98. The lowest BCUT2D eigenvalue weighted by atomic mass is 9.87. The summed E-state index contributed by atoms with van der Waals surface area (Å²) in [7, 11) is 0. The minimum Gasteiger partial charge on any atom is -0.465 e. The molecule has 1 saturated heterocycles. The molecule has 0 aromatic rings. The van der Waals surface area contributed by atoms with Crippen molar-refractivity contribution in [2.24, 2.45) is 11.1 Å². The third-order valence-electron chi connectivity index (χ3n) is 4.02. The molecule has 0 amide bonds. The van der Waals surface area contributed by atoms with Crippen molar-refractivity contribution in [3.63, 3.8) is 0 Å². The van der Waals surface area contributed by atoms with Crippen molar-refractivity contribution in [3.05, 3.63) is 0 Å². The zero-order chi connectivity index (χ0) is 14.3. The summed E-state index contributed by atoms with van der Waals surface area (Å²) in [4.78, 5) is 14.1. The topological polar surface area (TPSA) is 55.6 Å². The summed E-state index contributed by atoms with van der Waals surface area (Å²) in [6.45, 7) is 9.55. The monoisotopic (exact) mass is 270 g/mol. The minimum atomic E-state index is -0.0395. The van der Waals surface area contributed by atoms with Gasteiger partial charge in [-0.15, -0.1) is 0 Å². The fourth-order valence-corrected chi connectivity index (χ4v) is 2.62. The van der Waals surface area contributed by atoms with Crippen LogP contribution in [0.15, 0.2) is 0 Å². The average Bonchev–Trinajstić information content (AvgIpc) is 2.83. The first-order valence-electron chi connectivity index (χ1n) is 7.61. The number of rotatable bonds is 8. The van der Waals surface area contributed by atoms with E-state index in [1.165, 1.54) is 6.42 Å². The molecule has 4 nitrogen and oxygen atoms in total. The molecule has 1 rings (SSSR count). The van der Waals surface area contributed by atoms with Crippen LogP contribution in [0.1, 0.15) is 52.9 Å². The SMILES string of the molecule is CCOC(=O)C1CCCN1CCCCC(C)(C)CN. The van der Waals surface area contributed by atoms with Crippen LogP contribution < -0.4 is 5.73 Å². The van der Waals surface area contributed by atoms with E-state index in [0.29, 0.717) is 6.61 Å². The molecule has 1 aliphatic rings. The number of unbranched alkanes of at least 4 members (excludes halogenated alkanes) is 1. The zero-order valence-electron chi connectivity index (χ0n) is 12.8. The molecule has 0 saturated carbocycles. The summed E-state index contributed by atoms with van der Waals surface area (Å²) in [6, 6.07) is 0.00229. The van der Waals surface area contributed by atoms with Gasteiger partial charge in [-0.3, -0.25) is 9.69 Å². The highest BCUT2D eigenvalue weighted by molar-refractivity contribution is 5.76. The number of carbonyl (C=O) groups excluding carboxylic acids is 1. The Kier molecular flexibility index (Phi) is 6.80. The van der Waals surface area contributed by atoms with Crippen LogP contribution in [0.4, 0.5) is 0 Å². The van der Waals surface area contributed by atoms with Gasteiger partial charge in [0.05, 0.1) is 6.61 Å². The Morgan fingerprint density at radius 1 is 1.42 bits per heavy atom. The largest absolute Gasteiger partial charge is 0.465 e. The Bertz CT molecular complexity index is 279. The summed E-state index contributed by atoms with van der Waals surface area (Å²) in [5.74, 6) is -0.0395. The number of hydrogen-bond donors (Lipinski definition) is 1. The van der Waals surface area contributed by atoms with Crippen molar-refractivity contribution in [2.75, 3.05) is 26.2 Å². The first-order chi connectivity index (χ1) is 9.00. The highest BCUT2D eigenvalue weighted by Crippen LogP contribution is 2.23. The van der Waals surface area contributed by atoms with Gasteiger partial charge in [0.15, 0.2) is 0 Å². The van der Waals surface area contributed by atoms with Gasteiger partial charge in [-0.2, -0.15) is 0 Å². The second-order valence-electron chi connectivity index (χ2n) is 6.27. The molecule has 0 aromatic heterocycles. The second-order valence-corrected chi connectivity index (χ2v) is 6.27. The van der Waals surface area contributed by atoms with E-state index >= 15 is 0 Å². The minimum absolute atomic E-state index is 0.00229. The van der Waals surface area contributed by atoms with Crippen LogP contribution in [0.2, 0.25) is 0 Å². The molecular weight excluding hydrogens is 240 g/mol. The van der Waals surface area contributed by atoms with Gasteiger partial charge in [0, 0.05) is 0 Å². The van der Waals surface area contributed by atoms with E-state index in [-0.39, 0.29) is 17.4 Å². The molecule has 1 unspecified atom stereocenters. The van der Waals surface area contributed by atoms with Crippen LogP contribution in [0, 0.1) is 5.41 Å². The number of likely N-dealkylation sites (tertiary alicyclic amines) is 1. The van der Waals surface area contributed by atoms with Crippen molar-refractivity contribution in [3.8, 4) is 0 Å². The van der Waals surface area contributed by atoms with Crippen molar-refractivity contribution < 1.29 is 9.53 Å². The number of nitrogens with two attached hydrogens (primary N) is 1. The van der Waals surface area contributed by atoms with Gasteiger partial charge in [0.2, 0.25) is 0 Å². The standard InChI is InChI=1S/C15H30N2O2/c1-4-19-14(18)13-8-7-11-17(13)10-6-5-9-15(2,3)12-16/h13H,4-12,16H2,1-3H3. The van der Waals surface area contributed by atoms with Gasteiger partial charge < -0.3 is 10.5 Å². The summed E-state index contributed by atoms with van der Waals surface area (Å²) in [6.07, 6.45) is 5.53.